The first-order valence-corrected chi connectivity index (χ1v) is 7.71. The van der Waals surface area contributed by atoms with E-state index in [1.54, 1.807) is 12.3 Å². The highest BCUT2D eigenvalue weighted by molar-refractivity contribution is 8.00. The van der Waals surface area contributed by atoms with Crippen molar-refractivity contribution in [3.05, 3.63) is 18.3 Å². The molecule has 1 aromatic heterocycles. The zero-order chi connectivity index (χ0) is 13.7. The second-order valence-corrected chi connectivity index (χ2v) is 6.39. The van der Waals surface area contributed by atoms with E-state index in [-0.39, 0.29) is 11.2 Å². The third-order valence-electron chi connectivity index (χ3n) is 3.38. The summed E-state index contributed by atoms with van der Waals surface area (Å²) in [5.74, 6) is 0.107. The number of nitrogens with two attached hydrogens (primary N) is 1. The summed E-state index contributed by atoms with van der Waals surface area (Å²) in [6.07, 6.45) is 7.60. The number of nitrogens with one attached hydrogen (secondary N) is 1. The lowest BCUT2D eigenvalue weighted by molar-refractivity contribution is -0.121. The molecule has 3 N–H and O–H groups in total. The Morgan fingerprint density at radius 1 is 1.42 bits per heavy atom. The van der Waals surface area contributed by atoms with Gasteiger partial charge in [0, 0.05) is 6.04 Å². The van der Waals surface area contributed by atoms with Gasteiger partial charge < -0.3 is 11.1 Å². The van der Waals surface area contributed by atoms with Crippen LogP contribution >= 0.6 is 11.8 Å². The number of pyridine rings is 1. The van der Waals surface area contributed by atoms with Crippen molar-refractivity contribution in [2.24, 2.45) is 0 Å². The minimum atomic E-state index is -0.127. The minimum absolute atomic E-state index is 0.107. The lowest BCUT2D eigenvalue weighted by Gasteiger charge is -2.24. The number of nitrogen functional groups attached to an aromatic ring is 1. The maximum Gasteiger partial charge on any atom is 0.233 e. The van der Waals surface area contributed by atoms with Crippen LogP contribution in [0.3, 0.4) is 0 Å². The second-order valence-electron chi connectivity index (χ2n) is 5.03. The molecule has 1 aromatic rings. The Bertz CT molecular complexity index is 415. The molecule has 4 nitrogen and oxygen atoms in total. The van der Waals surface area contributed by atoms with E-state index in [9.17, 15) is 4.79 Å². The van der Waals surface area contributed by atoms with Crippen molar-refractivity contribution in [3.8, 4) is 0 Å². The summed E-state index contributed by atoms with van der Waals surface area (Å²) >= 11 is 1.47. The molecule has 0 aromatic carbocycles. The summed E-state index contributed by atoms with van der Waals surface area (Å²) in [5, 5.41) is 3.84. The normalized spacial score (nSPS) is 17.9. The van der Waals surface area contributed by atoms with Crippen LogP contribution in [-0.2, 0) is 4.79 Å². The number of nitrogens with zero attached hydrogens (tertiary/aromatic N) is 1. The van der Waals surface area contributed by atoms with Gasteiger partial charge >= 0.3 is 0 Å². The molecule has 104 valence electrons. The van der Waals surface area contributed by atoms with Crippen LogP contribution in [-0.4, -0.2) is 22.2 Å². The molecular weight excluding hydrogens is 258 g/mol. The van der Waals surface area contributed by atoms with Crippen molar-refractivity contribution >= 4 is 23.4 Å². The molecule has 1 atom stereocenters. The molecule has 0 bridgehead atoms. The number of anilines is 1. The molecule has 1 saturated carbocycles. The van der Waals surface area contributed by atoms with Crippen LogP contribution in [0.25, 0.3) is 0 Å². The second kappa shape index (κ2) is 6.80. The van der Waals surface area contributed by atoms with Crippen LogP contribution in [0.5, 0.6) is 0 Å². The van der Waals surface area contributed by atoms with Gasteiger partial charge in [-0.1, -0.05) is 31.0 Å². The first-order chi connectivity index (χ1) is 9.15. The Morgan fingerprint density at radius 3 is 2.79 bits per heavy atom. The van der Waals surface area contributed by atoms with E-state index in [0.717, 1.165) is 17.9 Å². The lowest BCUT2D eigenvalue weighted by Crippen LogP contribution is -2.40. The van der Waals surface area contributed by atoms with E-state index < -0.39 is 0 Å². The molecule has 0 saturated heterocycles. The molecule has 1 fully saturated rings. The molecule has 1 aliphatic carbocycles. The van der Waals surface area contributed by atoms with Crippen LogP contribution in [0.4, 0.5) is 5.69 Å². The summed E-state index contributed by atoms with van der Waals surface area (Å²) < 4.78 is 0. The third-order valence-corrected chi connectivity index (χ3v) is 4.43. The largest absolute Gasteiger partial charge is 0.397 e. The highest BCUT2D eigenvalue weighted by Gasteiger charge is 2.20. The summed E-state index contributed by atoms with van der Waals surface area (Å²) in [6.45, 7) is 1.92. The van der Waals surface area contributed by atoms with Crippen molar-refractivity contribution in [1.29, 1.82) is 0 Å². The van der Waals surface area contributed by atoms with Gasteiger partial charge in [0.15, 0.2) is 0 Å². The van der Waals surface area contributed by atoms with Gasteiger partial charge in [-0.15, -0.1) is 0 Å². The Balaban J connectivity index is 1.83. The number of amides is 1. The Labute approximate surface area is 118 Å². The average molecular weight is 279 g/mol. The fourth-order valence-corrected chi connectivity index (χ4v) is 3.06. The zero-order valence-electron chi connectivity index (χ0n) is 11.3. The maximum atomic E-state index is 12.1. The van der Waals surface area contributed by atoms with Crippen molar-refractivity contribution < 1.29 is 4.79 Å². The molecular formula is C14H21N3OS. The molecule has 0 radical (unpaired) electrons. The quantitative estimate of drug-likeness (QED) is 0.831. The molecule has 2 rings (SSSR count). The lowest BCUT2D eigenvalue weighted by atomic mass is 9.95. The van der Waals surface area contributed by atoms with E-state index >= 15 is 0 Å². The van der Waals surface area contributed by atoms with Gasteiger partial charge in [0.05, 0.1) is 22.2 Å². The standard InChI is InChI=1S/C14H21N3OS/c1-10(19-13-8-7-11(15)9-16-13)14(18)17-12-5-3-2-4-6-12/h7-10,12H,2-6,15H2,1H3,(H,17,18). The number of hydrogen-bond donors (Lipinski definition) is 2. The zero-order valence-corrected chi connectivity index (χ0v) is 12.1. The van der Waals surface area contributed by atoms with Crippen LogP contribution in [0.2, 0.25) is 0 Å². The number of rotatable bonds is 4. The molecule has 5 heteroatoms. The number of hydrogen-bond acceptors (Lipinski definition) is 4. The number of carbonyl (C=O) groups is 1. The molecule has 19 heavy (non-hydrogen) atoms. The smallest absolute Gasteiger partial charge is 0.233 e. The summed E-state index contributed by atoms with van der Waals surface area (Å²) in [4.78, 5) is 16.3. The van der Waals surface area contributed by atoms with E-state index in [4.69, 9.17) is 5.73 Å². The number of carbonyl (C=O) groups excluding carboxylic acids is 1. The van der Waals surface area contributed by atoms with Gasteiger partial charge in [-0.2, -0.15) is 0 Å². The highest BCUT2D eigenvalue weighted by Crippen LogP contribution is 2.23. The molecule has 1 aliphatic rings. The molecule has 1 unspecified atom stereocenters. The van der Waals surface area contributed by atoms with Gasteiger partial charge in [0.2, 0.25) is 5.91 Å². The number of thioether (sulfide) groups is 1. The van der Waals surface area contributed by atoms with Gasteiger partial charge in [0.25, 0.3) is 0 Å². The van der Waals surface area contributed by atoms with E-state index in [1.165, 1.54) is 31.0 Å². The SMILES string of the molecule is CC(Sc1ccc(N)cn1)C(=O)NC1CCCCC1. The predicted octanol–water partition coefficient (Wildman–Crippen LogP) is 2.59. The fourth-order valence-electron chi connectivity index (χ4n) is 2.26. The van der Waals surface area contributed by atoms with E-state index in [1.807, 2.05) is 13.0 Å². The molecule has 1 amide bonds. The molecule has 0 aliphatic heterocycles. The topological polar surface area (TPSA) is 68.0 Å². The van der Waals surface area contributed by atoms with Crippen molar-refractivity contribution in [2.75, 3.05) is 5.73 Å². The average Bonchev–Trinajstić information content (AvgIpc) is 2.42. The fraction of sp³-hybridized carbons (Fsp3) is 0.571. The minimum Gasteiger partial charge on any atom is -0.397 e. The van der Waals surface area contributed by atoms with Gasteiger partial charge in [-0.25, -0.2) is 4.98 Å². The van der Waals surface area contributed by atoms with Crippen LogP contribution < -0.4 is 11.1 Å². The van der Waals surface area contributed by atoms with Crippen LogP contribution in [0.1, 0.15) is 39.0 Å². The maximum absolute atomic E-state index is 12.1. The van der Waals surface area contributed by atoms with Gasteiger partial charge in [-0.3, -0.25) is 4.79 Å². The van der Waals surface area contributed by atoms with Gasteiger partial charge in [0.1, 0.15) is 0 Å². The van der Waals surface area contributed by atoms with Crippen LogP contribution in [0.15, 0.2) is 23.4 Å². The van der Waals surface area contributed by atoms with Crippen LogP contribution in [0, 0.1) is 0 Å². The molecule has 1 heterocycles. The van der Waals surface area contributed by atoms with E-state index in [2.05, 4.69) is 10.3 Å². The Kier molecular flexibility index (Phi) is 5.07. The first-order valence-electron chi connectivity index (χ1n) is 6.83. The van der Waals surface area contributed by atoms with Crippen molar-refractivity contribution in [2.45, 2.75) is 55.3 Å². The predicted molar refractivity (Wildman–Crippen MR) is 79.0 cm³/mol. The summed E-state index contributed by atoms with van der Waals surface area (Å²) in [7, 11) is 0. The molecule has 0 spiro atoms. The van der Waals surface area contributed by atoms with Crippen molar-refractivity contribution in [1.82, 2.24) is 10.3 Å². The number of aromatic nitrogens is 1. The Morgan fingerprint density at radius 2 is 2.16 bits per heavy atom. The van der Waals surface area contributed by atoms with E-state index in [0.29, 0.717) is 11.7 Å². The third kappa shape index (κ3) is 4.42. The highest BCUT2D eigenvalue weighted by atomic mass is 32.2. The van der Waals surface area contributed by atoms with Gasteiger partial charge in [-0.05, 0) is 31.9 Å². The summed E-state index contributed by atoms with van der Waals surface area (Å²) in [6, 6.07) is 4.02. The first kappa shape index (κ1) is 14.2. The monoisotopic (exact) mass is 279 g/mol. The Hall–Kier alpha value is -1.23. The summed E-state index contributed by atoms with van der Waals surface area (Å²) in [5.41, 5.74) is 6.23. The van der Waals surface area contributed by atoms with Crippen molar-refractivity contribution in [3.63, 3.8) is 0 Å².